The molecule has 1 aromatic rings. The lowest BCUT2D eigenvalue weighted by Gasteiger charge is -2.25. The number of aromatic hydroxyl groups is 1. The topological polar surface area (TPSA) is 105 Å². The molecule has 1 aliphatic heterocycles. The fourth-order valence-corrected chi connectivity index (χ4v) is 4.28. The lowest BCUT2D eigenvalue weighted by molar-refractivity contribution is 0.0933. The van der Waals surface area contributed by atoms with Crippen LogP contribution in [0.25, 0.3) is 0 Å². The summed E-state index contributed by atoms with van der Waals surface area (Å²) in [5, 5.41) is 13.6. The van der Waals surface area contributed by atoms with Gasteiger partial charge in [-0.05, 0) is 43.9 Å². The van der Waals surface area contributed by atoms with Crippen LogP contribution in [0.5, 0.6) is 11.5 Å². The summed E-state index contributed by atoms with van der Waals surface area (Å²) in [5.74, 6) is -0.406. The van der Waals surface area contributed by atoms with Crippen molar-refractivity contribution in [2.24, 2.45) is 0 Å². The standard InChI is InChI=1S/C19H29ClN2O6S/c1-4-13-11-15(20)18(27-2)16(17(13)23)19(24)21-12-14-7-5-8-22(14)9-6-10-28-29(3,25)26/h11,14,23H,4-10,12H2,1-3H3,(H,21,24)/t14-/m0/s1. The number of methoxy groups -OCH3 is 1. The van der Waals surface area contributed by atoms with E-state index < -0.39 is 16.0 Å². The molecule has 0 unspecified atom stereocenters. The number of rotatable bonds is 10. The van der Waals surface area contributed by atoms with Crippen LogP contribution in [-0.4, -0.2) is 70.0 Å². The normalized spacial score (nSPS) is 17.4. The molecule has 0 spiro atoms. The first-order valence-corrected chi connectivity index (χ1v) is 11.8. The second kappa shape index (κ2) is 10.5. The first-order chi connectivity index (χ1) is 13.7. The number of aryl methyl sites for hydroxylation is 1. The molecule has 164 valence electrons. The van der Waals surface area contributed by atoms with Gasteiger partial charge in [0.25, 0.3) is 16.0 Å². The SMILES string of the molecule is CCc1cc(Cl)c(OC)c(C(=O)NC[C@@H]2CCCN2CCCOS(C)(=O)=O)c1O. The number of phenols is 1. The molecule has 1 heterocycles. The Balaban J connectivity index is 1.98. The van der Waals surface area contributed by atoms with E-state index in [2.05, 4.69) is 10.2 Å². The van der Waals surface area contributed by atoms with Crippen LogP contribution in [0.2, 0.25) is 5.02 Å². The number of hydrogen-bond acceptors (Lipinski definition) is 7. The van der Waals surface area contributed by atoms with Crippen LogP contribution >= 0.6 is 11.6 Å². The summed E-state index contributed by atoms with van der Waals surface area (Å²) < 4.78 is 32.1. The van der Waals surface area contributed by atoms with E-state index in [9.17, 15) is 18.3 Å². The van der Waals surface area contributed by atoms with Gasteiger partial charge in [0, 0.05) is 19.1 Å². The van der Waals surface area contributed by atoms with Gasteiger partial charge in [-0.1, -0.05) is 18.5 Å². The number of carbonyl (C=O) groups is 1. The third-order valence-electron chi connectivity index (χ3n) is 4.98. The maximum atomic E-state index is 12.8. The predicted molar refractivity (Wildman–Crippen MR) is 111 cm³/mol. The van der Waals surface area contributed by atoms with E-state index >= 15 is 0 Å². The fourth-order valence-electron chi connectivity index (χ4n) is 3.55. The van der Waals surface area contributed by atoms with Gasteiger partial charge in [-0.2, -0.15) is 8.42 Å². The molecule has 1 aliphatic rings. The van der Waals surface area contributed by atoms with Crippen molar-refractivity contribution in [3.05, 3.63) is 22.2 Å². The third-order valence-corrected chi connectivity index (χ3v) is 5.86. The van der Waals surface area contributed by atoms with Gasteiger partial charge in [-0.15, -0.1) is 0 Å². The molecule has 0 radical (unpaired) electrons. The molecule has 1 atom stereocenters. The number of nitrogens with zero attached hydrogens (tertiary/aromatic N) is 1. The van der Waals surface area contributed by atoms with Gasteiger partial charge in [0.15, 0.2) is 5.75 Å². The Labute approximate surface area is 177 Å². The Morgan fingerprint density at radius 1 is 1.45 bits per heavy atom. The van der Waals surface area contributed by atoms with Gasteiger partial charge >= 0.3 is 0 Å². The summed E-state index contributed by atoms with van der Waals surface area (Å²) in [6, 6.07) is 1.74. The van der Waals surface area contributed by atoms with Gasteiger partial charge in [-0.3, -0.25) is 13.9 Å². The van der Waals surface area contributed by atoms with E-state index in [0.29, 0.717) is 31.5 Å². The Morgan fingerprint density at radius 3 is 2.79 bits per heavy atom. The highest BCUT2D eigenvalue weighted by molar-refractivity contribution is 7.85. The Hall–Kier alpha value is -1.55. The van der Waals surface area contributed by atoms with E-state index in [1.54, 1.807) is 6.07 Å². The number of phenolic OH excluding ortho intramolecular Hbond substituents is 1. The number of benzene rings is 1. The van der Waals surface area contributed by atoms with Gasteiger partial charge in [0.2, 0.25) is 0 Å². The molecule has 1 fully saturated rings. The van der Waals surface area contributed by atoms with Crippen molar-refractivity contribution in [1.82, 2.24) is 10.2 Å². The summed E-state index contributed by atoms with van der Waals surface area (Å²) in [4.78, 5) is 15.0. The van der Waals surface area contributed by atoms with E-state index in [0.717, 1.165) is 25.6 Å². The summed E-state index contributed by atoms with van der Waals surface area (Å²) in [5.41, 5.74) is 0.622. The number of amides is 1. The fraction of sp³-hybridized carbons (Fsp3) is 0.632. The summed E-state index contributed by atoms with van der Waals surface area (Å²) in [6.45, 7) is 3.97. The van der Waals surface area contributed by atoms with E-state index in [1.807, 2.05) is 6.92 Å². The highest BCUT2D eigenvalue weighted by atomic mass is 35.5. The lowest BCUT2D eigenvalue weighted by atomic mass is 10.0. The summed E-state index contributed by atoms with van der Waals surface area (Å²) >= 11 is 6.20. The molecule has 0 aliphatic carbocycles. The molecule has 0 bridgehead atoms. The predicted octanol–water partition coefficient (Wildman–Crippen LogP) is 2.18. The molecule has 1 aromatic carbocycles. The van der Waals surface area contributed by atoms with Crippen LogP contribution in [0.4, 0.5) is 0 Å². The van der Waals surface area contributed by atoms with E-state index in [-0.39, 0.29) is 34.7 Å². The minimum Gasteiger partial charge on any atom is -0.507 e. The van der Waals surface area contributed by atoms with Crippen molar-refractivity contribution in [3.8, 4) is 11.5 Å². The molecule has 10 heteroatoms. The quantitative estimate of drug-likeness (QED) is 0.417. The largest absolute Gasteiger partial charge is 0.507 e. The zero-order valence-corrected chi connectivity index (χ0v) is 18.6. The lowest BCUT2D eigenvalue weighted by Crippen LogP contribution is -2.41. The van der Waals surface area contributed by atoms with Gasteiger partial charge < -0.3 is 15.2 Å². The minimum absolute atomic E-state index is 0.0444. The summed E-state index contributed by atoms with van der Waals surface area (Å²) in [7, 11) is -2.02. The second-order valence-corrected chi connectivity index (χ2v) is 9.10. The first-order valence-electron chi connectivity index (χ1n) is 9.62. The van der Waals surface area contributed by atoms with Crippen LogP contribution < -0.4 is 10.1 Å². The van der Waals surface area contributed by atoms with Crippen molar-refractivity contribution in [1.29, 1.82) is 0 Å². The molecule has 0 saturated carbocycles. The number of likely N-dealkylation sites (tertiary alicyclic amines) is 1. The van der Waals surface area contributed by atoms with Gasteiger partial charge in [0.05, 0.1) is 25.0 Å². The average molecular weight is 449 g/mol. The zero-order valence-electron chi connectivity index (χ0n) is 17.0. The zero-order chi connectivity index (χ0) is 21.6. The Kier molecular flexibility index (Phi) is 8.57. The average Bonchev–Trinajstić information content (AvgIpc) is 3.11. The molecule has 8 nitrogen and oxygen atoms in total. The van der Waals surface area contributed by atoms with Crippen molar-refractivity contribution >= 4 is 27.6 Å². The summed E-state index contributed by atoms with van der Waals surface area (Å²) in [6.07, 6.45) is 4.07. The molecular weight excluding hydrogens is 420 g/mol. The van der Waals surface area contributed by atoms with Crippen LogP contribution in [-0.2, 0) is 20.7 Å². The molecule has 0 aromatic heterocycles. The molecule has 29 heavy (non-hydrogen) atoms. The minimum atomic E-state index is -3.43. The van der Waals surface area contributed by atoms with E-state index in [1.165, 1.54) is 7.11 Å². The van der Waals surface area contributed by atoms with Crippen LogP contribution in [0.3, 0.4) is 0 Å². The first kappa shape index (κ1) is 23.7. The molecule has 1 amide bonds. The van der Waals surface area contributed by atoms with Crippen molar-refractivity contribution < 1.29 is 27.2 Å². The second-order valence-electron chi connectivity index (χ2n) is 7.05. The monoisotopic (exact) mass is 448 g/mol. The highest BCUT2D eigenvalue weighted by Crippen LogP contribution is 2.38. The van der Waals surface area contributed by atoms with Crippen molar-refractivity contribution in [3.63, 3.8) is 0 Å². The van der Waals surface area contributed by atoms with Crippen LogP contribution in [0.15, 0.2) is 6.07 Å². The molecule has 2 rings (SSSR count). The smallest absolute Gasteiger partial charge is 0.264 e. The molecular formula is C19H29ClN2O6S. The molecule has 1 saturated heterocycles. The Bertz CT molecular complexity index is 830. The maximum absolute atomic E-state index is 12.8. The van der Waals surface area contributed by atoms with E-state index in [4.69, 9.17) is 20.5 Å². The van der Waals surface area contributed by atoms with Crippen molar-refractivity contribution in [2.75, 3.05) is 39.6 Å². The number of carbonyl (C=O) groups excluding carboxylic acids is 1. The van der Waals surface area contributed by atoms with Crippen LogP contribution in [0, 0.1) is 0 Å². The van der Waals surface area contributed by atoms with Gasteiger partial charge in [-0.25, -0.2) is 0 Å². The third kappa shape index (κ3) is 6.47. The molecule has 2 N–H and O–H groups in total. The number of nitrogens with one attached hydrogen (secondary N) is 1. The maximum Gasteiger partial charge on any atom is 0.264 e. The number of halogens is 1. The Morgan fingerprint density at radius 2 is 2.17 bits per heavy atom. The van der Waals surface area contributed by atoms with Gasteiger partial charge in [0.1, 0.15) is 11.3 Å². The number of ether oxygens (including phenoxy) is 1. The van der Waals surface area contributed by atoms with Crippen molar-refractivity contribution in [2.45, 2.75) is 38.6 Å². The highest BCUT2D eigenvalue weighted by Gasteiger charge is 2.27. The number of hydrogen-bond donors (Lipinski definition) is 2. The van der Waals surface area contributed by atoms with Crippen LogP contribution in [0.1, 0.15) is 42.1 Å².